The van der Waals surface area contributed by atoms with E-state index in [4.69, 9.17) is 23.0 Å². The summed E-state index contributed by atoms with van der Waals surface area (Å²) in [6, 6.07) is 9.95. The largest absolute Gasteiger partial charge is 0.614 e. The number of ether oxygens (including phenoxy) is 2. The number of urea groups is 1. The molecule has 1 atom stereocenters. The highest BCUT2D eigenvalue weighted by Crippen LogP contribution is 2.72. The van der Waals surface area contributed by atoms with Gasteiger partial charge in [-0.1, -0.05) is 36.4 Å². The maximum absolute atomic E-state index is 14.3. The Morgan fingerprint density at radius 3 is 1.59 bits per heavy atom. The zero-order valence-electron chi connectivity index (χ0n) is 22.2. The van der Waals surface area contributed by atoms with Crippen LogP contribution in [0.1, 0.15) is 0 Å². The van der Waals surface area contributed by atoms with Crippen LogP contribution >= 0.6 is 7.94 Å². The van der Waals surface area contributed by atoms with Crippen molar-refractivity contribution in [3.8, 4) is 0 Å². The van der Waals surface area contributed by atoms with Crippen molar-refractivity contribution in [1.29, 1.82) is 0 Å². The van der Waals surface area contributed by atoms with Gasteiger partial charge in [0.05, 0.1) is 38.2 Å². The fraction of sp³-hybridized carbons (Fsp3) is 0.261. The Labute approximate surface area is 236 Å². The molecule has 0 radical (unpaired) electrons. The molecule has 2 aromatic carbocycles. The lowest BCUT2D eigenvalue weighted by Crippen LogP contribution is -2.61. The number of hydrogen-bond acceptors (Lipinski definition) is 13. The molecule has 222 valence electrons. The molecular formula is C23H25N2O13PS2. The first-order valence-electron chi connectivity index (χ1n) is 11.2. The average molecular weight is 633 g/mol. The molecule has 2 aromatic rings. The van der Waals surface area contributed by atoms with E-state index in [0.717, 1.165) is 52.7 Å². The van der Waals surface area contributed by atoms with E-state index in [1.807, 2.05) is 0 Å². The van der Waals surface area contributed by atoms with Crippen molar-refractivity contribution in [2.24, 2.45) is 0 Å². The molecule has 0 N–H and O–H groups in total. The lowest BCUT2D eigenvalue weighted by Gasteiger charge is -2.35. The molecule has 1 saturated heterocycles. The molecule has 1 heterocycles. The van der Waals surface area contributed by atoms with E-state index in [0.29, 0.717) is 7.11 Å². The Balaban J connectivity index is 2.62. The maximum Gasteiger partial charge on any atom is 0.449 e. The molecule has 15 nitrogen and oxygen atoms in total. The van der Waals surface area contributed by atoms with E-state index in [1.54, 1.807) is 0 Å². The van der Waals surface area contributed by atoms with Crippen LogP contribution in [0.4, 0.5) is 4.79 Å². The van der Waals surface area contributed by atoms with Crippen LogP contribution in [0.5, 0.6) is 0 Å². The van der Waals surface area contributed by atoms with Crippen molar-refractivity contribution in [3.05, 3.63) is 71.9 Å². The third-order valence-electron chi connectivity index (χ3n) is 5.91. The summed E-state index contributed by atoms with van der Waals surface area (Å²) in [5, 5.41) is 12.1. The number of carbonyl (C=O) groups is 3. The molecule has 3 amide bonds. The molecule has 1 unspecified atom stereocenters. The highest BCUT2D eigenvalue weighted by atomic mass is 32.2. The zero-order valence-corrected chi connectivity index (χ0v) is 24.8. The van der Waals surface area contributed by atoms with Crippen LogP contribution in [-0.4, -0.2) is 84.4 Å². The lowest BCUT2D eigenvalue weighted by molar-refractivity contribution is -0.355. The molecule has 1 aliphatic rings. The standard InChI is InChI=1S/C23H25N2O13PS2/c1-34-19(26)18(39(36-3,37-4)38-5)23(21(28)35-2)20(27)24(40(30,31)16-12-8-6-9-13-16)22(29)25(23)41(32,33)17-14-10-7-11-15-17/h6-15H,1-5H3/b19-18-. The van der Waals surface area contributed by atoms with E-state index < -0.39 is 76.8 Å². The van der Waals surface area contributed by atoms with Crippen LogP contribution < -0.4 is 5.11 Å². The van der Waals surface area contributed by atoms with E-state index >= 15 is 0 Å². The van der Waals surface area contributed by atoms with E-state index in [-0.39, 0.29) is 4.31 Å². The Hall–Kier alpha value is -3.60. The normalized spacial score (nSPS) is 18.8. The van der Waals surface area contributed by atoms with Gasteiger partial charge >= 0.3 is 25.5 Å². The molecule has 0 aliphatic carbocycles. The van der Waals surface area contributed by atoms with E-state index in [9.17, 15) is 36.3 Å². The van der Waals surface area contributed by atoms with E-state index in [1.165, 1.54) is 36.4 Å². The summed E-state index contributed by atoms with van der Waals surface area (Å²) in [5.41, 5.74) is -3.72. The summed E-state index contributed by atoms with van der Waals surface area (Å²) in [7, 11) is -10.7. The summed E-state index contributed by atoms with van der Waals surface area (Å²) in [5.74, 6) is -5.49. The molecule has 0 bridgehead atoms. The average Bonchev–Trinajstić information content (AvgIpc) is 3.23. The highest BCUT2D eigenvalue weighted by molar-refractivity contribution is 7.91. The van der Waals surface area contributed by atoms with Crippen molar-refractivity contribution < 1.29 is 59.4 Å². The summed E-state index contributed by atoms with van der Waals surface area (Å²) >= 11 is 0. The molecule has 18 heteroatoms. The molecule has 0 spiro atoms. The van der Waals surface area contributed by atoms with Crippen LogP contribution in [0, 0.1) is 0 Å². The summed E-state index contributed by atoms with van der Waals surface area (Å²) < 4.78 is 80.1. The molecule has 0 aromatic heterocycles. The first-order chi connectivity index (χ1) is 19.3. The van der Waals surface area contributed by atoms with Crippen LogP contribution in [0.15, 0.2) is 81.7 Å². The van der Waals surface area contributed by atoms with Crippen LogP contribution in [0.25, 0.3) is 0 Å². The zero-order chi connectivity index (χ0) is 30.8. The predicted octanol–water partition coefficient (Wildman–Crippen LogP) is 0.818. The predicted molar refractivity (Wildman–Crippen MR) is 138 cm³/mol. The number of esters is 1. The van der Waals surface area contributed by atoms with Gasteiger partial charge in [-0.3, -0.25) is 4.79 Å². The maximum atomic E-state index is 14.3. The first-order valence-corrected chi connectivity index (χ1v) is 15.6. The Kier molecular flexibility index (Phi) is 9.12. The van der Waals surface area contributed by atoms with Crippen LogP contribution in [0.2, 0.25) is 0 Å². The number of benzene rings is 2. The Bertz CT molecular complexity index is 1570. The third kappa shape index (κ3) is 4.73. The fourth-order valence-electron chi connectivity index (χ4n) is 4.10. The number of amides is 3. The highest BCUT2D eigenvalue weighted by Gasteiger charge is 2.79. The van der Waals surface area contributed by atoms with E-state index in [2.05, 4.69) is 0 Å². The number of sulfonamides is 2. The van der Waals surface area contributed by atoms with Crippen molar-refractivity contribution >= 4 is 45.9 Å². The van der Waals surface area contributed by atoms with Crippen molar-refractivity contribution in [3.63, 3.8) is 0 Å². The number of carbonyl (C=O) groups excluding carboxylic acids is 3. The number of hydrogen-bond donors (Lipinski definition) is 0. The van der Waals surface area contributed by atoms with Gasteiger partial charge in [-0.25, -0.2) is 26.4 Å². The van der Waals surface area contributed by atoms with Gasteiger partial charge in [0, 0.05) is 0 Å². The van der Waals surface area contributed by atoms with Gasteiger partial charge in [-0.05, 0) is 31.4 Å². The molecule has 3 rings (SSSR count). The van der Waals surface area contributed by atoms with Crippen molar-refractivity contribution in [2.45, 2.75) is 15.3 Å². The second-order valence-corrected chi connectivity index (χ2v) is 14.0. The van der Waals surface area contributed by atoms with Crippen molar-refractivity contribution in [2.75, 3.05) is 35.5 Å². The van der Waals surface area contributed by atoms with Gasteiger partial charge in [0.15, 0.2) is 0 Å². The van der Waals surface area contributed by atoms with Gasteiger partial charge in [0.1, 0.15) is 5.95 Å². The summed E-state index contributed by atoms with van der Waals surface area (Å²) in [6.07, 6.45) is 0. The number of nitrogens with zero attached hydrogens (tertiary/aromatic N) is 2. The molecule has 0 saturated carbocycles. The van der Waals surface area contributed by atoms with Crippen LogP contribution in [0.3, 0.4) is 0 Å². The fourth-order valence-corrected chi connectivity index (χ4v) is 9.17. The molecule has 41 heavy (non-hydrogen) atoms. The van der Waals surface area contributed by atoms with Gasteiger partial charge in [-0.15, -0.1) is 4.31 Å². The lowest BCUT2D eigenvalue weighted by atomic mass is 9.99. The molecular weight excluding hydrogens is 607 g/mol. The minimum Gasteiger partial charge on any atom is -0.614 e. The van der Waals surface area contributed by atoms with Gasteiger partial charge in [0.25, 0.3) is 26.0 Å². The minimum absolute atomic E-state index is 0.359. The Morgan fingerprint density at radius 2 is 1.20 bits per heavy atom. The number of methoxy groups -OCH3 is 2. The molecule has 1 aliphatic heterocycles. The third-order valence-corrected chi connectivity index (χ3v) is 11.9. The quantitative estimate of drug-likeness (QED) is 0.111. The second kappa shape index (κ2) is 11.7. The topological polar surface area (TPSA) is 195 Å². The van der Waals surface area contributed by atoms with Gasteiger partial charge in [-0.2, -0.15) is 17.9 Å². The second-order valence-electron chi connectivity index (χ2n) is 7.84. The SMILES string of the molecule is COC(=O)C1(/C(=C(\[O-])OC)[P+](OC)(OC)OC)C(=O)N(S(=O)(=O)c2ccccc2)C(=O)N1S(=O)(=O)c1ccccc1. The van der Waals surface area contributed by atoms with Gasteiger partial charge in [0.2, 0.25) is 5.31 Å². The minimum atomic E-state index is -5.35. The number of imide groups is 1. The molecule has 1 fully saturated rings. The van der Waals surface area contributed by atoms with Crippen LogP contribution in [-0.2, 0) is 52.7 Å². The number of rotatable bonds is 11. The van der Waals surface area contributed by atoms with Crippen molar-refractivity contribution in [1.82, 2.24) is 8.61 Å². The smallest absolute Gasteiger partial charge is 0.449 e. The summed E-state index contributed by atoms with van der Waals surface area (Å²) in [4.78, 5) is 40.8. The first kappa shape index (κ1) is 31.9. The summed E-state index contributed by atoms with van der Waals surface area (Å²) in [6.45, 7) is 0. The van der Waals surface area contributed by atoms with Gasteiger partial charge < -0.3 is 14.6 Å². The monoisotopic (exact) mass is 632 g/mol. The Morgan fingerprint density at radius 1 is 0.756 bits per heavy atom.